The maximum atomic E-state index is 5.78. The molecule has 15 heavy (non-hydrogen) atoms. The Labute approximate surface area is 91.7 Å². The van der Waals surface area contributed by atoms with Crippen molar-refractivity contribution in [2.45, 2.75) is 51.0 Å². The van der Waals surface area contributed by atoms with Gasteiger partial charge >= 0.3 is 0 Å². The molecule has 2 N–H and O–H groups in total. The minimum absolute atomic E-state index is 0.613. The van der Waals surface area contributed by atoms with Crippen LogP contribution < -0.4 is 5.73 Å². The molecule has 0 aliphatic heterocycles. The highest BCUT2D eigenvalue weighted by atomic mass is 15.3. The molecular formula is C12H21N3. The van der Waals surface area contributed by atoms with Crippen molar-refractivity contribution in [3.63, 3.8) is 0 Å². The van der Waals surface area contributed by atoms with Crippen molar-refractivity contribution in [1.29, 1.82) is 0 Å². The molecule has 1 fully saturated rings. The Morgan fingerprint density at radius 1 is 1.33 bits per heavy atom. The molecule has 3 nitrogen and oxygen atoms in total. The second kappa shape index (κ2) is 4.79. The van der Waals surface area contributed by atoms with Gasteiger partial charge in [0.2, 0.25) is 0 Å². The highest BCUT2D eigenvalue weighted by Gasteiger charge is 2.19. The average Bonchev–Trinajstić information content (AvgIpc) is 2.48. The topological polar surface area (TPSA) is 43.8 Å². The van der Waals surface area contributed by atoms with Crippen LogP contribution in [0.4, 0.5) is 0 Å². The van der Waals surface area contributed by atoms with Crippen molar-refractivity contribution in [2.75, 3.05) is 0 Å². The van der Waals surface area contributed by atoms with Gasteiger partial charge in [0.1, 0.15) is 0 Å². The standard InChI is InChI=1S/C12H21N3/c1-15-12(8-13)11(9-14-15)10-6-4-2-3-5-7-10/h9-10H,2-8,13H2,1H3. The highest BCUT2D eigenvalue weighted by Crippen LogP contribution is 2.32. The number of nitrogens with two attached hydrogens (primary N) is 1. The van der Waals surface area contributed by atoms with Crippen LogP contribution in [0, 0.1) is 0 Å². The molecule has 1 aliphatic carbocycles. The van der Waals surface area contributed by atoms with E-state index in [1.165, 1.54) is 49.8 Å². The molecule has 3 heteroatoms. The van der Waals surface area contributed by atoms with Gasteiger partial charge in [0, 0.05) is 13.6 Å². The quantitative estimate of drug-likeness (QED) is 0.756. The predicted molar refractivity (Wildman–Crippen MR) is 61.5 cm³/mol. The van der Waals surface area contributed by atoms with E-state index in [0.29, 0.717) is 12.5 Å². The highest BCUT2D eigenvalue weighted by molar-refractivity contribution is 5.22. The lowest BCUT2D eigenvalue weighted by Crippen LogP contribution is -2.09. The van der Waals surface area contributed by atoms with Crippen LogP contribution in [-0.4, -0.2) is 9.78 Å². The van der Waals surface area contributed by atoms with Crippen molar-refractivity contribution < 1.29 is 0 Å². The Hall–Kier alpha value is -0.830. The SMILES string of the molecule is Cn1ncc(C2CCCCCC2)c1CN. The molecule has 1 heterocycles. The molecule has 1 saturated carbocycles. The number of aromatic nitrogens is 2. The molecule has 84 valence electrons. The van der Waals surface area contributed by atoms with E-state index >= 15 is 0 Å². The zero-order chi connectivity index (χ0) is 10.7. The zero-order valence-electron chi connectivity index (χ0n) is 9.58. The smallest absolute Gasteiger partial charge is 0.0551 e. The van der Waals surface area contributed by atoms with Crippen molar-refractivity contribution in [3.8, 4) is 0 Å². The lowest BCUT2D eigenvalue weighted by molar-refractivity contribution is 0.583. The van der Waals surface area contributed by atoms with Crippen LogP contribution in [0.3, 0.4) is 0 Å². The van der Waals surface area contributed by atoms with Gasteiger partial charge in [0.05, 0.1) is 11.9 Å². The van der Waals surface area contributed by atoms with Gasteiger partial charge in [-0.15, -0.1) is 0 Å². The van der Waals surface area contributed by atoms with Crippen LogP contribution in [0.1, 0.15) is 55.7 Å². The van der Waals surface area contributed by atoms with E-state index < -0.39 is 0 Å². The molecule has 0 aromatic carbocycles. The van der Waals surface area contributed by atoms with Gasteiger partial charge in [-0.3, -0.25) is 4.68 Å². The van der Waals surface area contributed by atoms with Crippen LogP contribution in [0.5, 0.6) is 0 Å². The van der Waals surface area contributed by atoms with Gasteiger partial charge < -0.3 is 5.73 Å². The Balaban J connectivity index is 2.19. The van der Waals surface area contributed by atoms with Gasteiger partial charge in [0.15, 0.2) is 0 Å². The van der Waals surface area contributed by atoms with Gasteiger partial charge in [-0.05, 0) is 24.3 Å². The minimum atomic E-state index is 0.613. The Morgan fingerprint density at radius 2 is 2.00 bits per heavy atom. The predicted octanol–water partition coefficient (Wildman–Crippen LogP) is 2.32. The number of hydrogen-bond acceptors (Lipinski definition) is 2. The first kappa shape index (κ1) is 10.7. The van der Waals surface area contributed by atoms with Crippen LogP contribution in [0.15, 0.2) is 6.20 Å². The van der Waals surface area contributed by atoms with Crippen molar-refractivity contribution in [1.82, 2.24) is 9.78 Å². The summed E-state index contributed by atoms with van der Waals surface area (Å²) in [7, 11) is 1.99. The third kappa shape index (κ3) is 2.23. The molecule has 1 aromatic rings. The summed E-state index contributed by atoms with van der Waals surface area (Å²) < 4.78 is 1.93. The summed E-state index contributed by atoms with van der Waals surface area (Å²) in [5.41, 5.74) is 8.41. The lowest BCUT2D eigenvalue weighted by Gasteiger charge is -2.14. The molecule has 1 aliphatic rings. The number of rotatable bonds is 2. The first-order chi connectivity index (χ1) is 7.33. The van der Waals surface area contributed by atoms with Crippen LogP contribution in [0.2, 0.25) is 0 Å². The normalized spacial score (nSPS) is 19.1. The molecule has 0 unspecified atom stereocenters. The molecule has 1 aromatic heterocycles. The fourth-order valence-electron chi connectivity index (χ4n) is 2.66. The summed E-state index contributed by atoms with van der Waals surface area (Å²) in [6, 6.07) is 0. The lowest BCUT2D eigenvalue weighted by atomic mass is 9.92. The molecular weight excluding hydrogens is 186 g/mol. The van der Waals surface area contributed by atoms with Crippen molar-refractivity contribution >= 4 is 0 Å². The Kier molecular flexibility index (Phi) is 3.41. The number of aryl methyl sites for hydroxylation is 1. The number of hydrogen-bond donors (Lipinski definition) is 1. The first-order valence-corrected chi connectivity index (χ1v) is 6.03. The minimum Gasteiger partial charge on any atom is -0.325 e. The second-order valence-electron chi connectivity index (χ2n) is 4.56. The Morgan fingerprint density at radius 3 is 2.60 bits per heavy atom. The fraction of sp³-hybridized carbons (Fsp3) is 0.750. The number of nitrogens with zero attached hydrogens (tertiary/aromatic N) is 2. The van der Waals surface area contributed by atoms with Gasteiger partial charge in [-0.2, -0.15) is 5.10 Å². The molecule has 0 radical (unpaired) electrons. The summed E-state index contributed by atoms with van der Waals surface area (Å²) >= 11 is 0. The molecule has 0 atom stereocenters. The molecule has 0 bridgehead atoms. The summed E-state index contributed by atoms with van der Waals surface area (Å²) in [5.74, 6) is 0.708. The van der Waals surface area contributed by atoms with Crippen molar-refractivity contribution in [2.24, 2.45) is 12.8 Å². The van der Waals surface area contributed by atoms with Crippen LogP contribution >= 0.6 is 0 Å². The first-order valence-electron chi connectivity index (χ1n) is 6.03. The molecule has 0 amide bonds. The fourth-order valence-corrected chi connectivity index (χ4v) is 2.66. The van der Waals surface area contributed by atoms with Crippen molar-refractivity contribution in [3.05, 3.63) is 17.5 Å². The van der Waals surface area contributed by atoms with E-state index in [0.717, 1.165) is 0 Å². The van der Waals surface area contributed by atoms with E-state index in [4.69, 9.17) is 5.73 Å². The largest absolute Gasteiger partial charge is 0.325 e. The summed E-state index contributed by atoms with van der Waals surface area (Å²) in [5, 5.41) is 4.33. The average molecular weight is 207 g/mol. The van der Waals surface area contributed by atoms with Crippen LogP contribution in [-0.2, 0) is 13.6 Å². The monoisotopic (exact) mass is 207 g/mol. The summed E-state index contributed by atoms with van der Waals surface area (Å²) in [4.78, 5) is 0. The van der Waals surface area contributed by atoms with Gasteiger partial charge in [0.25, 0.3) is 0 Å². The van der Waals surface area contributed by atoms with E-state index in [9.17, 15) is 0 Å². The maximum Gasteiger partial charge on any atom is 0.0551 e. The third-order valence-corrected chi connectivity index (χ3v) is 3.58. The van der Waals surface area contributed by atoms with Crippen LogP contribution in [0.25, 0.3) is 0 Å². The Bertz CT molecular complexity index is 309. The molecule has 2 rings (SSSR count). The molecule has 0 spiro atoms. The van der Waals surface area contributed by atoms with E-state index in [2.05, 4.69) is 5.10 Å². The third-order valence-electron chi connectivity index (χ3n) is 3.58. The zero-order valence-corrected chi connectivity index (χ0v) is 9.58. The van der Waals surface area contributed by atoms with E-state index in [1.54, 1.807) is 0 Å². The maximum absolute atomic E-state index is 5.78. The van der Waals surface area contributed by atoms with Gasteiger partial charge in [-0.1, -0.05) is 25.7 Å². The summed E-state index contributed by atoms with van der Waals surface area (Å²) in [6.07, 6.45) is 10.2. The molecule has 0 saturated heterocycles. The van der Waals surface area contributed by atoms with E-state index in [-0.39, 0.29) is 0 Å². The second-order valence-corrected chi connectivity index (χ2v) is 4.56. The summed E-state index contributed by atoms with van der Waals surface area (Å²) in [6.45, 7) is 0.613. The van der Waals surface area contributed by atoms with Gasteiger partial charge in [-0.25, -0.2) is 0 Å². The van der Waals surface area contributed by atoms with E-state index in [1.807, 2.05) is 17.9 Å².